The lowest BCUT2D eigenvalue weighted by Gasteiger charge is -2.29. The third kappa shape index (κ3) is 2.23. The van der Waals surface area contributed by atoms with Crippen LogP contribution in [0.15, 0.2) is 54.6 Å². The Morgan fingerprint density at radius 2 is 1.83 bits per heavy atom. The molecule has 0 amide bonds. The van der Waals surface area contributed by atoms with Crippen LogP contribution in [0.25, 0.3) is 10.9 Å². The molecule has 1 unspecified atom stereocenters. The van der Waals surface area contributed by atoms with Crippen LogP contribution in [0, 0.1) is 11.3 Å². The molecule has 23 heavy (non-hydrogen) atoms. The number of fused-ring (bicyclic) bond motifs is 3. The van der Waals surface area contributed by atoms with Gasteiger partial charge in [-0.1, -0.05) is 48.5 Å². The molecule has 0 N–H and O–H groups in total. The molecule has 2 heterocycles. The second kappa shape index (κ2) is 5.57. The van der Waals surface area contributed by atoms with Gasteiger partial charge < -0.3 is 4.57 Å². The first-order valence-corrected chi connectivity index (χ1v) is 8.03. The number of hydrogen-bond donors (Lipinski definition) is 0. The van der Waals surface area contributed by atoms with E-state index in [1.54, 1.807) is 0 Å². The number of benzene rings is 2. The minimum absolute atomic E-state index is 0.152. The first-order chi connectivity index (χ1) is 11.3. The highest BCUT2D eigenvalue weighted by Gasteiger charge is 2.30. The van der Waals surface area contributed by atoms with Gasteiger partial charge >= 0.3 is 0 Å². The Kier molecular flexibility index (Phi) is 3.40. The summed E-state index contributed by atoms with van der Waals surface area (Å²) < 4.78 is 2.40. The van der Waals surface area contributed by atoms with Gasteiger partial charge in [0.15, 0.2) is 0 Å². The molecule has 0 spiro atoms. The fraction of sp³-hybridized carbons (Fsp3) is 0.250. The Labute approximate surface area is 136 Å². The van der Waals surface area contributed by atoms with E-state index in [2.05, 4.69) is 64.1 Å². The first kappa shape index (κ1) is 14.0. The zero-order chi connectivity index (χ0) is 15.8. The normalized spacial score (nSPS) is 17.8. The molecule has 1 atom stereocenters. The van der Waals surface area contributed by atoms with E-state index in [1.165, 1.54) is 27.7 Å². The molecule has 0 bridgehead atoms. The highest BCUT2D eigenvalue weighted by molar-refractivity contribution is 5.87. The summed E-state index contributed by atoms with van der Waals surface area (Å²) in [7, 11) is 2.04. The largest absolute Gasteiger partial charge is 0.340 e. The van der Waals surface area contributed by atoms with Gasteiger partial charge in [-0.3, -0.25) is 4.90 Å². The molecule has 0 radical (unpaired) electrons. The molecule has 114 valence electrons. The van der Waals surface area contributed by atoms with E-state index in [0.717, 1.165) is 19.5 Å². The van der Waals surface area contributed by atoms with Gasteiger partial charge in [-0.15, -0.1) is 0 Å². The van der Waals surface area contributed by atoms with Gasteiger partial charge in [0.05, 0.1) is 6.07 Å². The highest BCUT2D eigenvalue weighted by atomic mass is 15.1. The summed E-state index contributed by atoms with van der Waals surface area (Å²) in [6, 6.07) is 21.4. The topological polar surface area (TPSA) is 32.0 Å². The quantitative estimate of drug-likeness (QED) is 0.722. The van der Waals surface area contributed by atoms with Crippen molar-refractivity contribution in [3.05, 3.63) is 71.4 Å². The van der Waals surface area contributed by atoms with Gasteiger partial charge in [0.2, 0.25) is 0 Å². The van der Waals surface area contributed by atoms with Gasteiger partial charge in [-0.25, -0.2) is 0 Å². The predicted molar refractivity (Wildman–Crippen MR) is 92.2 cm³/mol. The summed E-state index contributed by atoms with van der Waals surface area (Å²) in [4.78, 5) is 2.15. The Morgan fingerprint density at radius 1 is 1.09 bits per heavy atom. The third-order valence-electron chi connectivity index (χ3n) is 4.84. The summed E-state index contributed by atoms with van der Waals surface area (Å²) >= 11 is 0. The molecule has 2 aromatic carbocycles. The number of rotatable bonds is 2. The summed E-state index contributed by atoms with van der Waals surface area (Å²) in [6.45, 7) is 1.79. The maximum Gasteiger partial charge on any atom is 0.125 e. The van der Waals surface area contributed by atoms with Crippen LogP contribution in [0.1, 0.15) is 22.9 Å². The highest BCUT2D eigenvalue weighted by Crippen LogP contribution is 2.37. The van der Waals surface area contributed by atoms with Crippen molar-refractivity contribution in [2.75, 3.05) is 13.6 Å². The summed E-state index contributed by atoms with van der Waals surface area (Å²) in [5.41, 5.74) is 5.05. The fourth-order valence-corrected chi connectivity index (χ4v) is 3.70. The lowest BCUT2D eigenvalue weighted by molar-refractivity contribution is 0.275. The number of para-hydroxylation sites is 1. The Hall–Kier alpha value is -2.57. The van der Waals surface area contributed by atoms with Crippen molar-refractivity contribution in [1.29, 1.82) is 5.26 Å². The zero-order valence-corrected chi connectivity index (χ0v) is 13.2. The number of aromatic nitrogens is 1. The van der Waals surface area contributed by atoms with Crippen LogP contribution < -0.4 is 0 Å². The summed E-state index contributed by atoms with van der Waals surface area (Å²) in [5, 5.41) is 10.9. The molecule has 0 saturated carbocycles. The average Bonchev–Trinajstić information content (AvgIpc) is 2.90. The smallest absolute Gasteiger partial charge is 0.125 e. The molecule has 1 aliphatic rings. The summed E-state index contributed by atoms with van der Waals surface area (Å²) in [5.74, 6) is 0. The number of nitrogens with zero attached hydrogens (tertiary/aromatic N) is 3. The van der Waals surface area contributed by atoms with E-state index >= 15 is 0 Å². The van der Waals surface area contributed by atoms with E-state index in [4.69, 9.17) is 0 Å². The SMILES string of the molecule is CN1CCc2c(c3ccccc3n2Cc2ccccc2)C1C#N. The molecule has 0 aliphatic carbocycles. The lowest BCUT2D eigenvalue weighted by atomic mass is 9.97. The van der Waals surface area contributed by atoms with Gasteiger partial charge in [0.25, 0.3) is 0 Å². The lowest BCUT2D eigenvalue weighted by Crippen LogP contribution is -2.31. The molecule has 3 aromatic rings. The Balaban J connectivity index is 1.94. The van der Waals surface area contributed by atoms with E-state index in [0.29, 0.717) is 0 Å². The predicted octanol–water partition coefficient (Wildman–Crippen LogP) is 3.74. The molecule has 4 rings (SSSR count). The maximum atomic E-state index is 9.67. The fourth-order valence-electron chi connectivity index (χ4n) is 3.70. The maximum absolute atomic E-state index is 9.67. The van der Waals surface area contributed by atoms with Crippen molar-refractivity contribution >= 4 is 10.9 Å². The minimum atomic E-state index is -0.152. The van der Waals surface area contributed by atoms with Crippen LogP contribution in [-0.2, 0) is 13.0 Å². The van der Waals surface area contributed by atoms with Crippen molar-refractivity contribution < 1.29 is 0 Å². The monoisotopic (exact) mass is 301 g/mol. The second-order valence-corrected chi connectivity index (χ2v) is 6.21. The van der Waals surface area contributed by atoms with E-state index < -0.39 is 0 Å². The van der Waals surface area contributed by atoms with E-state index in [1.807, 2.05) is 13.1 Å². The number of hydrogen-bond acceptors (Lipinski definition) is 2. The van der Waals surface area contributed by atoms with Crippen LogP contribution in [0.5, 0.6) is 0 Å². The van der Waals surface area contributed by atoms with Gasteiger partial charge in [-0.05, 0) is 18.7 Å². The number of nitriles is 1. The molecule has 0 fully saturated rings. The van der Waals surface area contributed by atoms with Crippen molar-refractivity contribution in [3.8, 4) is 6.07 Å². The molecule has 1 aliphatic heterocycles. The zero-order valence-electron chi connectivity index (χ0n) is 13.2. The van der Waals surface area contributed by atoms with Crippen molar-refractivity contribution in [1.82, 2.24) is 9.47 Å². The van der Waals surface area contributed by atoms with Gasteiger partial charge in [0, 0.05) is 41.7 Å². The van der Waals surface area contributed by atoms with Gasteiger partial charge in [-0.2, -0.15) is 5.26 Å². The minimum Gasteiger partial charge on any atom is -0.340 e. The molecule has 3 heteroatoms. The van der Waals surface area contributed by atoms with Crippen LogP contribution in [-0.4, -0.2) is 23.1 Å². The van der Waals surface area contributed by atoms with E-state index in [9.17, 15) is 5.26 Å². The van der Waals surface area contributed by atoms with E-state index in [-0.39, 0.29) is 6.04 Å². The summed E-state index contributed by atoms with van der Waals surface area (Å²) in [6.07, 6.45) is 0.992. The molecule has 3 nitrogen and oxygen atoms in total. The van der Waals surface area contributed by atoms with Crippen LogP contribution in [0.4, 0.5) is 0 Å². The molecular weight excluding hydrogens is 282 g/mol. The average molecular weight is 301 g/mol. The Bertz CT molecular complexity index is 886. The van der Waals surface area contributed by atoms with Crippen molar-refractivity contribution in [3.63, 3.8) is 0 Å². The molecule has 0 saturated heterocycles. The Morgan fingerprint density at radius 3 is 2.61 bits per heavy atom. The standard InChI is InChI=1S/C20H19N3/c1-22-12-11-18-20(19(22)13-21)16-9-5-6-10-17(16)23(18)14-15-7-3-2-4-8-15/h2-10,19H,11-12,14H2,1H3. The van der Waals surface area contributed by atoms with Crippen LogP contribution >= 0.6 is 0 Å². The van der Waals surface area contributed by atoms with Crippen molar-refractivity contribution in [2.24, 2.45) is 0 Å². The molecule has 1 aromatic heterocycles. The number of likely N-dealkylation sites (N-methyl/N-ethyl adjacent to an activating group) is 1. The second-order valence-electron chi connectivity index (χ2n) is 6.21. The first-order valence-electron chi connectivity index (χ1n) is 8.03. The van der Waals surface area contributed by atoms with Crippen LogP contribution in [0.3, 0.4) is 0 Å². The van der Waals surface area contributed by atoms with Crippen molar-refractivity contribution in [2.45, 2.75) is 19.0 Å². The van der Waals surface area contributed by atoms with Gasteiger partial charge in [0.1, 0.15) is 6.04 Å². The molecular formula is C20H19N3. The van der Waals surface area contributed by atoms with Crippen LogP contribution in [0.2, 0.25) is 0 Å². The third-order valence-corrected chi connectivity index (χ3v) is 4.84.